The number of carbonyl (C=O) groups is 1. The molecule has 0 fully saturated rings. The van der Waals surface area contributed by atoms with E-state index in [0.29, 0.717) is 16.7 Å². The van der Waals surface area contributed by atoms with Gasteiger partial charge in [-0.15, -0.1) is 5.10 Å². The summed E-state index contributed by atoms with van der Waals surface area (Å²) in [5.41, 5.74) is 0.540. The molecule has 8 heteroatoms. The van der Waals surface area contributed by atoms with E-state index in [0.717, 1.165) is 0 Å². The second-order valence-electron chi connectivity index (χ2n) is 5.56. The molecule has 2 aromatic carbocycles. The third-order valence-corrected chi connectivity index (χ3v) is 3.94. The van der Waals surface area contributed by atoms with Crippen molar-refractivity contribution in [3.63, 3.8) is 0 Å². The average Bonchev–Trinajstić information content (AvgIpc) is 3.11. The van der Waals surface area contributed by atoms with Crippen molar-refractivity contribution in [3.05, 3.63) is 70.3 Å². The van der Waals surface area contributed by atoms with Gasteiger partial charge in [-0.05, 0) is 31.2 Å². The van der Waals surface area contributed by atoms with Crippen LogP contribution in [0.1, 0.15) is 16.2 Å². The highest BCUT2D eigenvalue weighted by atomic mass is 16.4. The number of benzene rings is 2. The number of rotatable bonds is 3. The van der Waals surface area contributed by atoms with E-state index >= 15 is 0 Å². The summed E-state index contributed by atoms with van der Waals surface area (Å²) in [5, 5.41) is 17.5. The molecular formula is C18H12N4O4. The highest BCUT2D eigenvalue weighted by molar-refractivity contribution is 5.94. The molecule has 0 unspecified atom stereocenters. The number of aromatic nitrogens is 4. The molecule has 0 aliphatic rings. The maximum Gasteiger partial charge on any atom is 0.336 e. The molecule has 0 amide bonds. The minimum absolute atomic E-state index is 0.0115. The fourth-order valence-electron chi connectivity index (χ4n) is 2.74. The SMILES string of the molecule is Cc1nc2ccccc2c(=O)n1-c1nnc(-c2ccccc2C(=O)O)o1. The van der Waals surface area contributed by atoms with Gasteiger partial charge in [-0.2, -0.15) is 0 Å². The summed E-state index contributed by atoms with van der Waals surface area (Å²) in [5.74, 6) is -0.714. The monoisotopic (exact) mass is 348 g/mol. The lowest BCUT2D eigenvalue weighted by molar-refractivity contribution is 0.0697. The third kappa shape index (κ3) is 2.44. The highest BCUT2D eigenvalue weighted by Crippen LogP contribution is 2.23. The van der Waals surface area contributed by atoms with Crippen molar-refractivity contribution in [2.24, 2.45) is 0 Å². The molecule has 1 N–H and O–H groups in total. The molecule has 128 valence electrons. The molecule has 0 spiro atoms. The van der Waals surface area contributed by atoms with Crippen LogP contribution in [0.3, 0.4) is 0 Å². The quantitative estimate of drug-likeness (QED) is 0.605. The van der Waals surface area contributed by atoms with Crippen LogP contribution < -0.4 is 5.56 Å². The number of hydrogen-bond donors (Lipinski definition) is 1. The summed E-state index contributed by atoms with van der Waals surface area (Å²) in [7, 11) is 0. The van der Waals surface area contributed by atoms with Gasteiger partial charge in [0.05, 0.1) is 22.0 Å². The van der Waals surface area contributed by atoms with E-state index < -0.39 is 5.97 Å². The first-order chi connectivity index (χ1) is 12.6. The molecule has 0 aliphatic heterocycles. The highest BCUT2D eigenvalue weighted by Gasteiger charge is 2.19. The van der Waals surface area contributed by atoms with E-state index in [1.807, 2.05) is 0 Å². The second-order valence-corrected chi connectivity index (χ2v) is 5.56. The van der Waals surface area contributed by atoms with Gasteiger partial charge in [0, 0.05) is 0 Å². The van der Waals surface area contributed by atoms with Crippen molar-refractivity contribution in [1.29, 1.82) is 0 Å². The Labute approximate surface area is 146 Å². The lowest BCUT2D eigenvalue weighted by Gasteiger charge is -2.06. The molecule has 0 bridgehead atoms. The Balaban J connectivity index is 1.89. The predicted octanol–water partition coefficient (Wildman–Crippen LogP) is 2.44. The Hall–Kier alpha value is -3.81. The van der Waals surface area contributed by atoms with Crippen LogP contribution in [0.25, 0.3) is 28.4 Å². The smallest absolute Gasteiger partial charge is 0.336 e. The summed E-state index contributed by atoms with van der Waals surface area (Å²) in [6.45, 7) is 1.66. The number of aryl methyl sites for hydroxylation is 1. The fourth-order valence-corrected chi connectivity index (χ4v) is 2.74. The zero-order valence-corrected chi connectivity index (χ0v) is 13.6. The summed E-state index contributed by atoms with van der Waals surface area (Å²) >= 11 is 0. The molecule has 2 heterocycles. The Morgan fingerprint density at radius 2 is 1.81 bits per heavy atom. The van der Waals surface area contributed by atoms with E-state index in [9.17, 15) is 14.7 Å². The van der Waals surface area contributed by atoms with Crippen LogP contribution in [0.4, 0.5) is 0 Å². The molecular weight excluding hydrogens is 336 g/mol. The van der Waals surface area contributed by atoms with Crippen molar-refractivity contribution in [3.8, 4) is 17.5 Å². The average molecular weight is 348 g/mol. The van der Waals surface area contributed by atoms with Gasteiger partial charge in [-0.25, -0.2) is 14.3 Å². The van der Waals surface area contributed by atoms with Crippen molar-refractivity contribution >= 4 is 16.9 Å². The summed E-state index contributed by atoms with van der Waals surface area (Å²) in [6, 6.07) is 13.2. The number of hydrogen-bond acceptors (Lipinski definition) is 6. The van der Waals surface area contributed by atoms with Gasteiger partial charge in [0.25, 0.3) is 11.4 Å². The number of aromatic carboxylic acids is 1. The van der Waals surface area contributed by atoms with Gasteiger partial charge in [-0.1, -0.05) is 29.4 Å². The van der Waals surface area contributed by atoms with Crippen LogP contribution in [0, 0.1) is 6.92 Å². The van der Waals surface area contributed by atoms with Crippen molar-refractivity contribution < 1.29 is 14.3 Å². The van der Waals surface area contributed by atoms with Gasteiger partial charge >= 0.3 is 12.0 Å². The zero-order chi connectivity index (χ0) is 18.3. The van der Waals surface area contributed by atoms with E-state index in [-0.39, 0.29) is 28.6 Å². The topological polar surface area (TPSA) is 111 Å². The van der Waals surface area contributed by atoms with Crippen LogP contribution in [0.15, 0.2) is 57.7 Å². The predicted molar refractivity (Wildman–Crippen MR) is 92.3 cm³/mol. The molecule has 0 radical (unpaired) electrons. The fraction of sp³-hybridized carbons (Fsp3) is 0.0556. The Bertz CT molecular complexity index is 1210. The molecule has 8 nitrogen and oxygen atoms in total. The van der Waals surface area contributed by atoms with Crippen LogP contribution >= 0.6 is 0 Å². The Morgan fingerprint density at radius 1 is 1.08 bits per heavy atom. The molecule has 4 aromatic rings. The first kappa shape index (κ1) is 15.7. The van der Waals surface area contributed by atoms with Crippen LogP contribution in [-0.2, 0) is 0 Å². The Kier molecular flexibility index (Phi) is 3.58. The molecule has 4 rings (SSSR count). The molecule has 0 atom stereocenters. The standard InChI is InChI=1S/C18H12N4O4/c1-10-19-14-9-5-4-8-13(14)16(23)22(10)18-21-20-15(26-18)11-6-2-3-7-12(11)17(24)25/h2-9H,1H3,(H,24,25). The molecule has 2 aromatic heterocycles. The first-order valence-electron chi connectivity index (χ1n) is 7.71. The minimum Gasteiger partial charge on any atom is -0.478 e. The Morgan fingerprint density at radius 3 is 2.62 bits per heavy atom. The summed E-state index contributed by atoms with van der Waals surface area (Å²) in [4.78, 5) is 28.5. The summed E-state index contributed by atoms with van der Waals surface area (Å²) < 4.78 is 6.81. The lowest BCUT2D eigenvalue weighted by Crippen LogP contribution is -2.22. The zero-order valence-electron chi connectivity index (χ0n) is 13.6. The normalized spacial score (nSPS) is 11.0. The van der Waals surface area contributed by atoms with Crippen LogP contribution in [-0.4, -0.2) is 30.8 Å². The van der Waals surface area contributed by atoms with Crippen molar-refractivity contribution in [2.75, 3.05) is 0 Å². The van der Waals surface area contributed by atoms with E-state index in [1.165, 1.54) is 10.6 Å². The van der Waals surface area contributed by atoms with Crippen molar-refractivity contribution in [1.82, 2.24) is 19.7 Å². The number of nitrogens with zero attached hydrogens (tertiary/aromatic N) is 4. The van der Waals surface area contributed by atoms with Gasteiger partial charge in [0.2, 0.25) is 0 Å². The van der Waals surface area contributed by atoms with E-state index in [1.54, 1.807) is 49.4 Å². The van der Waals surface area contributed by atoms with Crippen LogP contribution in [0.2, 0.25) is 0 Å². The molecule has 0 aliphatic carbocycles. The van der Waals surface area contributed by atoms with E-state index in [4.69, 9.17) is 4.42 Å². The number of carboxylic acid groups (broad SMARTS) is 1. The maximum atomic E-state index is 12.8. The second kappa shape index (κ2) is 5.92. The van der Waals surface area contributed by atoms with Crippen LogP contribution in [0.5, 0.6) is 0 Å². The lowest BCUT2D eigenvalue weighted by atomic mass is 10.1. The van der Waals surface area contributed by atoms with Crippen molar-refractivity contribution in [2.45, 2.75) is 6.92 Å². The number of fused-ring (bicyclic) bond motifs is 1. The molecule has 0 saturated heterocycles. The van der Waals surface area contributed by atoms with Gasteiger partial charge in [0.1, 0.15) is 5.82 Å². The number of carboxylic acids is 1. The molecule has 26 heavy (non-hydrogen) atoms. The third-order valence-electron chi connectivity index (χ3n) is 3.94. The van der Waals surface area contributed by atoms with Gasteiger partial charge < -0.3 is 9.52 Å². The number of para-hydroxylation sites is 1. The largest absolute Gasteiger partial charge is 0.478 e. The maximum absolute atomic E-state index is 12.8. The van der Waals surface area contributed by atoms with Gasteiger partial charge in [0.15, 0.2) is 0 Å². The minimum atomic E-state index is -1.11. The molecule has 0 saturated carbocycles. The summed E-state index contributed by atoms with van der Waals surface area (Å²) in [6.07, 6.45) is 0. The van der Waals surface area contributed by atoms with E-state index in [2.05, 4.69) is 15.2 Å². The first-order valence-corrected chi connectivity index (χ1v) is 7.71. The van der Waals surface area contributed by atoms with Gasteiger partial charge in [-0.3, -0.25) is 4.79 Å².